The normalized spacial score (nSPS) is 29.4. The van der Waals surface area contributed by atoms with Crippen LogP contribution in [0.4, 0.5) is 0 Å². The Morgan fingerprint density at radius 3 is 2.61 bits per heavy atom. The molecule has 2 heterocycles. The zero-order chi connectivity index (χ0) is 13.3. The van der Waals surface area contributed by atoms with Crippen LogP contribution >= 0.6 is 0 Å². The van der Waals surface area contributed by atoms with E-state index in [9.17, 15) is 8.42 Å². The van der Waals surface area contributed by atoms with Gasteiger partial charge >= 0.3 is 0 Å². The van der Waals surface area contributed by atoms with Gasteiger partial charge in [0, 0.05) is 37.1 Å². The number of hydrogen-bond donors (Lipinski definition) is 1. The number of piperazine rings is 1. The van der Waals surface area contributed by atoms with Crippen molar-refractivity contribution in [2.24, 2.45) is 4.99 Å². The molecule has 2 aliphatic heterocycles. The number of nitrogens with one attached hydrogen (secondary N) is 1. The lowest BCUT2D eigenvalue weighted by molar-refractivity contribution is 0.240. The predicted molar refractivity (Wildman–Crippen MR) is 71.5 cm³/mol. The smallest absolute Gasteiger partial charge is 0.211 e. The molecule has 2 atom stereocenters. The molecule has 1 N–H and O–H groups in total. The molecule has 0 unspecified atom stereocenters. The zero-order valence-corrected chi connectivity index (χ0v) is 11.4. The van der Waals surface area contributed by atoms with Gasteiger partial charge in [0.15, 0.2) is 0 Å². The van der Waals surface area contributed by atoms with E-state index in [2.05, 4.69) is 9.89 Å². The lowest BCUT2D eigenvalue weighted by Crippen LogP contribution is -2.46. The van der Waals surface area contributed by atoms with Gasteiger partial charge in [0.2, 0.25) is 10.0 Å². The summed E-state index contributed by atoms with van der Waals surface area (Å²) in [6.45, 7) is 3.15. The molecule has 2 fully saturated rings. The van der Waals surface area contributed by atoms with E-state index in [4.69, 9.17) is 5.41 Å². The Balaban J connectivity index is 2.00. The van der Waals surface area contributed by atoms with Crippen molar-refractivity contribution in [3.63, 3.8) is 0 Å². The minimum atomic E-state index is -3.07. The van der Waals surface area contributed by atoms with Crippen molar-refractivity contribution in [2.75, 3.05) is 19.3 Å². The van der Waals surface area contributed by atoms with Crippen molar-refractivity contribution >= 4 is 22.1 Å². The summed E-state index contributed by atoms with van der Waals surface area (Å²) in [4.78, 5) is 6.00. The molecule has 100 valence electrons. The van der Waals surface area contributed by atoms with Crippen LogP contribution < -0.4 is 0 Å². The molecular weight excluding hydrogens is 252 g/mol. The Bertz CT molecular complexity index is 497. The molecule has 2 rings (SSSR count). The third-order valence-electron chi connectivity index (χ3n) is 3.43. The van der Waals surface area contributed by atoms with Crippen LogP contribution in [0.2, 0.25) is 0 Å². The van der Waals surface area contributed by atoms with Gasteiger partial charge in [0.1, 0.15) is 6.34 Å². The number of nitrogens with zero attached hydrogens (tertiary/aromatic N) is 3. The van der Waals surface area contributed by atoms with E-state index in [1.807, 2.05) is 19.2 Å². The summed E-state index contributed by atoms with van der Waals surface area (Å²) in [5.41, 5.74) is 0.771. The average molecular weight is 270 g/mol. The number of likely N-dealkylation sites (tertiary alicyclic amines) is 1. The summed E-state index contributed by atoms with van der Waals surface area (Å²) < 4.78 is 24.7. The molecule has 0 spiro atoms. The summed E-state index contributed by atoms with van der Waals surface area (Å²) in [6, 6.07) is 0.378. The second kappa shape index (κ2) is 4.81. The standard InChI is InChI=1S/C11H18N4O2S/c1-9(13-8-12)3-4-14-6-11-5-10(14)7-15(11)18(2,16)17/h3-4,8,10-12H,5-7H2,1-2H3/b4-3+,12-8?,13-9-/t10-,11-/m1/s1. The maximum absolute atomic E-state index is 11.5. The fourth-order valence-corrected chi connectivity index (χ4v) is 3.74. The molecule has 0 aliphatic carbocycles. The number of allylic oxidation sites excluding steroid dienone is 1. The fraction of sp³-hybridized carbons (Fsp3) is 0.636. The van der Waals surface area contributed by atoms with Crippen LogP contribution in [0.1, 0.15) is 13.3 Å². The number of aliphatic imine (C=N–C) groups is 1. The molecule has 2 saturated heterocycles. The molecule has 0 saturated carbocycles. The maximum atomic E-state index is 11.5. The zero-order valence-electron chi connectivity index (χ0n) is 10.6. The number of fused-ring (bicyclic) bond motifs is 2. The van der Waals surface area contributed by atoms with Gasteiger partial charge in [0.25, 0.3) is 0 Å². The highest BCUT2D eigenvalue weighted by Crippen LogP contribution is 2.32. The Hall–Kier alpha value is -1.21. The molecule has 0 aromatic carbocycles. The summed E-state index contributed by atoms with van der Waals surface area (Å²) in [6.07, 6.45) is 7.00. The molecular formula is C11H18N4O2S. The highest BCUT2D eigenvalue weighted by molar-refractivity contribution is 7.88. The van der Waals surface area contributed by atoms with Crippen molar-refractivity contribution < 1.29 is 8.42 Å². The number of rotatable bonds is 4. The lowest BCUT2D eigenvalue weighted by Gasteiger charge is -2.31. The van der Waals surface area contributed by atoms with Gasteiger partial charge in [-0.1, -0.05) is 0 Å². The lowest BCUT2D eigenvalue weighted by atomic mass is 10.2. The Kier molecular flexibility index (Phi) is 3.54. The summed E-state index contributed by atoms with van der Waals surface area (Å²) >= 11 is 0. The molecule has 6 nitrogen and oxygen atoms in total. The minimum Gasteiger partial charge on any atom is -0.371 e. The number of sulfonamides is 1. The molecule has 0 aromatic rings. The molecule has 0 aromatic heterocycles. The Labute approximate surface area is 108 Å². The van der Waals surface area contributed by atoms with E-state index >= 15 is 0 Å². The van der Waals surface area contributed by atoms with Crippen LogP contribution in [0.5, 0.6) is 0 Å². The molecule has 0 radical (unpaired) electrons. The van der Waals surface area contributed by atoms with Crippen molar-refractivity contribution in [1.82, 2.24) is 9.21 Å². The van der Waals surface area contributed by atoms with Crippen molar-refractivity contribution in [2.45, 2.75) is 25.4 Å². The molecule has 18 heavy (non-hydrogen) atoms. The molecule has 0 amide bonds. The third kappa shape index (κ3) is 2.62. The first-order chi connectivity index (χ1) is 8.41. The van der Waals surface area contributed by atoms with Gasteiger partial charge in [-0.25, -0.2) is 13.4 Å². The molecule has 2 bridgehead atoms. The Morgan fingerprint density at radius 2 is 2.11 bits per heavy atom. The minimum absolute atomic E-state index is 0.106. The van der Waals surface area contributed by atoms with E-state index in [1.54, 1.807) is 4.31 Å². The highest BCUT2D eigenvalue weighted by Gasteiger charge is 2.45. The van der Waals surface area contributed by atoms with Crippen LogP contribution in [0.3, 0.4) is 0 Å². The first-order valence-corrected chi connectivity index (χ1v) is 7.71. The van der Waals surface area contributed by atoms with Crippen molar-refractivity contribution in [3.05, 3.63) is 12.3 Å². The third-order valence-corrected chi connectivity index (χ3v) is 4.73. The largest absolute Gasteiger partial charge is 0.371 e. The SMILES string of the molecule is CC(/C=C/N1C[C@H]2C[C@@H]1CN2S(C)(=O)=O)=N/C=N. The van der Waals surface area contributed by atoms with Crippen molar-refractivity contribution in [1.29, 1.82) is 5.41 Å². The topological polar surface area (TPSA) is 76.8 Å². The van der Waals surface area contributed by atoms with Gasteiger partial charge < -0.3 is 4.90 Å². The van der Waals surface area contributed by atoms with Crippen LogP contribution in [0.15, 0.2) is 17.3 Å². The second-order valence-corrected chi connectivity index (χ2v) is 6.72. The van der Waals surface area contributed by atoms with Gasteiger partial charge in [-0.2, -0.15) is 4.31 Å². The van der Waals surface area contributed by atoms with E-state index in [0.717, 1.165) is 25.0 Å². The first kappa shape index (κ1) is 13.2. The van der Waals surface area contributed by atoms with Gasteiger partial charge in [-0.05, 0) is 19.4 Å². The maximum Gasteiger partial charge on any atom is 0.211 e. The van der Waals surface area contributed by atoms with Crippen LogP contribution in [0.25, 0.3) is 0 Å². The summed E-state index contributed by atoms with van der Waals surface area (Å²) in [5.74, 6) is 0. The van der Waals surface area contributed by atoms with E-state index in [0.29, 0.717) is 6.54 Å². The van der Waals surface area contributed by atoms with Crippen LogP contribution in [0, 0.1) is 5.41 Å². The predicted octanol–water partition coefficient (Wildman–Crippen LogP) is 0.286. The van der Waals surface area contributed by atoms with Crippen molar-refractivity contribution in [3.8, 4) is 0 Å². The highest BCUT2D eigenvalue weighted by atomic mass is 32.2. The number of hydrogen-bond acceptors (Lipinski definition) is 4. The summed E-state index contributed by atoms with van der Waals surface area (Å²) in [7, 11) is -3.07. The first-order valence-electron chi connectivity index (χ1n) is 5.86. The van der Waals surface area contributed by atoms with E-state index in [1.165, 1.54) is 6.26 Å². The van der Waals surface area contributed by atoms with Gasteiger partial charge in [-0.15, -0.1) is 0 Å². The van der Waals surface area contributed by atoms with E-state index < -0.39 is 10.0 Å². The molecule has 2 aliphatic rings. The average Bonchev–Trinajstić information content (AvgIpc) is 2.84. The molecule has 7 heteroatoms. The van der Waals surface area contributed by atoms with Crippen LogP contribution in [-0.2, 0) is 10.0 Å². The second-order valence-electron chi connectivity index (χ2n) is 4.79. The quantitative estimate of drug-likeness (QED) is 0.589. The summed E-state index contributed by atoms with van der Waals surface area (Å²) in [5, 5.41) is 6.87. The van der Waals surface area contributed by atoms with Gasteiger partial charge in [0.05, 0.1) is 6.26 Å². The fourth-order valence-electron chi connectivity index (χ4n) is 2.60. The Morgan fingerprint density at radius 1 is 1.39 bits per heavy atom. The monoisotopic (exact) mass is 270 g/mol. The van der Waals surface area contributed by atoms with E-state index in [-0.39, 0.29) is 12.1 Å². The van der Waals surface area contributed by atoms with Gasteiger partial charge in [-0.3, -0.25) is 5.41 Å². The van der Waals surface area contributed by atoms with Crippen LogP contribution in [-0.4, -0.2) is 61.1 Å².